The molecule has 15 heavy (non-hydrogen) atoms. The summed E-state index contributed by atoms with van der Waals surface area (Å²) in [7, 11) is 0. The van der Waals surface area contributed by atoms with Crippen LogP contribution in [0, 0.1) is 0 Å². The average molecular weight is 216 g/mol. The van der Waals surface area contributed by atoms with Gasteiger partial charge >= 0.3 is 0 Å². The Morgan fingerprint density at radius 1 is 1.00 bits per heavy atom. The smallest absolute Gasteiger partial charge is 0.0612 e. The molecule has 0 saturated carbocycles. The molecule has 0 radical (unpaired) electrons. The van der Waals surface area contributed by atoms with Gasteiger partial charge < -0.3 is 29.7 Å². The molecule has 0 N–H and O–H groups in total. The third-order valence-electron chi connectivity index (χ3n) is 1.93. The minimum Gasteiger partial charge on any atom is -0.549 e. The highest BCUT2D eigenvalue weighted by atomic mass is 16.4. The monoisotopic (exact) mass is 216 g/mol. The molecule has 7 heteroatoms. The Hall–Kier alpha value is -1.63. The number of carbonyl (C=O) groups is 3. The molecular formula is C8H10NO6-3. The van der Waals surface area contributed by atoms with Crippen molar-refractivity contribution < 1.29 is 29.7 Å². The van der Waals surface area contributed by atoms with Crippen molar-refractivity contribution in [2.24, 2.45) is 0 Å². The number of hydrogen-bond acceptors (Lipinski definition) is 7. The van der Waals surface area contributed by atoms with E-state index in [0.29, 0.717) is 4.90 Å². The van der Waals surface area contributed by atoms with Gasteiger partial charge in [-0.25, -0.2) is 0 Å². The van der Waals surface area contributed by atoms with Crippen molar-refractivity contribution in [1.82, 2.24) is 4.90 Å². The third kappa shape index (κ3) is 3.94. The van der Waals surface area contributed by atoms with E-state index in [9.17, 15) is 29.7 Å². The largest absolute Gasteiger partial charge is 0.549 e. The third-order valence-corrected chi connectivity index (χ3v) is 1.93. The maximum absolute atomic E-state index is 10.6. The fourth-order valence-corrected chi connectivity index (χ4v) is 0.892. The zero-order chi connectivity index (χ0) is 12.2. The van der Waals surface area contributed by atoms with Crippen LogP contribution in [0.25, 0.3) is 0 Å². The van der Waals surface area contributed by atoms with Crippen molar-refractivity contribution in [3.05, 3.63) is 0 Å². The van der Waals surface area contributed by atoms with E-state index in [4.69, 9.17) is 0 Å². The fourth-order valence-electron chi connectivity index (χ4n) is 0.892. The average Bonchev–Trinajstić information content (AvgIpc) is 2.00. The van der Waals surface area contributed by atoms with Crippen LogP contribution in [0.2, 0.25) is 0 Å². The highest BCUT2D eigenvalue weighted by molar-refractivity contribution is 5.78. The van der Waals surface area contributed by atoms with Gasteiger partial charge in [-0.05, 0) is 13.8 Å². The van der Waals surface area contributed by atoms with Gasteiger partial charge in [0, 0.05) is 13.1 Å². The summed E-state index contributed by atoms with van der Waals surface area (Å²) < 4.78 is 0. The Bertz CT molecular complexity index is 269. The Morgan fingerprint density at radius 2 is 1.33 bits per heavy atom. The predicted molar refractivity (Wildman–Crippen MR) is 40.7 cm³/mol. The molecule has 0 bridgehead atoms. The van der Waals surface area contributed by atoms with Crippen LogP contribution >= 0.6 is 0 Å². The molecule has 0 aliphatic heterocycles. The molecule has 0 saturated heterocycles. The summed E-state index contributed by atoms with van der Waals surface area (Å²) in [6.07, 6.45) is 0. The molecule has 0 amide bonds. The first-order chi connectivity index (χ1) is 6.67. The van der Waals surface area contributed by atoms with Crippen molar-refractivity contribution in [3.8, 4) is 0 Å². The fraction of sp³-hybridized carbons (Fsp3) is 0.625. The van der Waals surface area contributed by atoms with Crippen LogP contribution in [-0.2, 0) is 14.4 Å². The first-order valence-electron chi connectivity index (χ1n) is 4.04. The summed E-state index contributed by atoms with van der Waals surface area (Å²) in [4.78, 5) is 31.9. The van der Waals surface area contributed by atoms with E-state index in [0.717, 1.165) is 13.8 Å². The van der Waals surface area contributed by atoms with E-state index in [2.05, 4.69) is 0 Å². The van der Waals surface area contributed by atoms with Crippen molar-refractivity contribution in [1.29, 1.82) is 0 Å². The number of carboxylic acid groups (broad SMARTS) is 3. The lowest BCUT2D eigenvalue weighted by atomic mass is 10.0. The molecule has 0 aromatic heterocycles. The lowest BCUT2D eigenvalue weighted by Crippen LogP contribution is -2.60. The van der Waals surface area contributed by atoms with Gasteiger partial charge in [0.15, 0.2) is 0 Å². The van der Waals surface area contributed by atoms with Crippen LogP contribution in [0.4, 0.5) is 0 Å². The quantitative estimate of drug-likeness (QED) is 0.437. The van der Waals surface area contributed by atoms with Crippen molar-refractivity contribution >= 4 is 17.9 Å². The van der Waals surface area contributed by atoms with Crippen LogP contribution in [0.5, 0.6) is 0 Å². The Morgan fingerprint density at radius 3 is 1.53 bits per heavy atom. The number of carboxylic acids is 3. The van der Waals surface area contributed by atoms with Gasteiger partial charge in [0.2, 0.25) is 0 Å². The number of nitrogens with zero attached hydrogens (tertiary/aromatic N) is 1. The highest BCUT2D eigenvalue weighted by Crippen LogP contribution is 2.12. The summed E-state index contributed by atoms with van der Waals surface area (Å²) in [5, 5.41) is 31.2. The molecule has 0 rings (SSSR count). The summed E-state index contributed by atoms with van der Waals surface area (Å²) in [6, 6.07) is 0. The first kappa shape index (κ1) is 13.4. The summed E-state index contributed by atoms with van der Waals surface area (Å²) >= 11 is 0. The zero-order valence-corrected chi connectivity index (χ0v) is 8.31. The molecular weight excluding hydrogens is 206 g/mol. The van der Waals surface area contributed by atoms with E-state index in [-0.39, 0.29) is 0 Å². The normalized spacial score (nSPS) is 11.4. The van der Waals surface area contributed by atoms with E-state index >= 15 is 0 Å². The standard InChI is InChI=1S/C8H13NO6/c1-8(2,7(14)15)9(3-5(10)11)4-6(12)13/h3-4H2,1-2H3,(H,10,11)(H,12,13)(H,14,15)/p-3. The Kier molecular flexibility index (Phi) is 4.22. The van der Waals surface area contributed by atoms with Gasteiger partial charge in [0.1, 0.15) is 0 Å². The summed E-state index contributed by atoms with van der Waals surface area (Å²) in [6.45, 7) is 0.617. The van der Waals surface area contributed by atoms with Crippen LogP contribution < -0.4 is 15.3 Å². The number of hydrogen-bond donors (Lipinski definition) is 0. The zero-order valence-electron chi connectivity index (χ0n) is 8.31. The second kappa shape index (κ2) is 4.74. The van der Waals surface area contributed by atoms with Gasteiger partial charge in [-0.2, -0.15) is 0 Å². The molecule has 0 aliphatic rings. The molecule has 7 nitrogen and oxygen atoms in total. The predicted octanol–water partition coefficient (Wildman–Crippen LogP) is -4.68. The van der Waals surface area contributed by atoms with Crippen LogP contribution in [0.15, 0.2) is 0 Å². The van der Waals surface area contributed by atoms with Crippen LogP contribution in [-0.4, -0.2) is 41.4 Å². The van der Waals surface area contributed by atoms with E-state index in [1.54, 1.807) is 0 Å². The lowest BCUT2D eigenvalue weighted by molar-refractivity contribution is -0.323. The van der Waals surface area contributed by atoms with Crippen molar-refractivity contribution in [3.63, 3.8) is 0 Å². The Balaban J connectivity index is 4.83. The highest BCUT2D eigenvalue weighted by Gasteiger charge is 2.28. The van der Waals surface area contributed by atoms with Gasteiger partial charge in [-0.3, -0.25) is 4.90 Å². The number of carbonyl (C=O) groups excluding carboxylic acids is 3. The maximum atomic E-state index is 10.6. The van der Waals surface area contributed by atoms with Gasteiger partial charge in [0.25, 0.3) is 0 Å². The molecule has 0 aromatic rings. The van der Waals surface area contributed by atoms with Gasteiger partial charge in [-0.1, -0.05) is 0 Å². The molecule has 86 valence electrons. The SMILES string of the molecule is CC(C)(C(=O)[O-])N(CC(=O)[O-])CC(=O)[O-]. The molecule has 0 heterocycles. The molecule has 0 fully saturated rings. The second-order valence-electron chi connectivity index (χ2n) is 3.45. The summed E-state index contributed by atoms with van der Waals surface area (Å²) in [5.41, 5.74) is -1.72. The van der Waals surface area contributed by atoms with Crippen molar-refractivity contribution in [2.45, 2.75) is 19.4 Å². The van der Waals surface area contributed by atoms with Crippen molar-refractivity contribution in [2.75, 3.05) is 13.1 Å². The van der Waals surface area contributed by atoms with E-state index < -0.39 is 36.5 Å². The van der Waals surface area contributed by atoms with E-state index in [1.807, 2.05) is 0 Å². The minimum atomic E-state index is -1.72. The molecule has 0 unspecified atom stereocenters. The van der Waals surface area contributed by atoms with Gasteiger partial charge in [-0.15, -0.1) is 0 Å². The topological polar surface area (TPSA) is 124 Å². The minimum absolute atomic E-state index is 0.674. The van der Waals surface area contributed by atoms with Crippen LogP contribution in [0.1, 0.15) is 13.8 Å². The number of aliphatic carboxylic acids is 3. The first-order valence-corrected chi connectivity index (χ1v) is 4.04. The van der Waals surface area contributed by atoms with Gasteiger partial charge in [0.05, 0.1) is 23.4 Å². The van der Waals surface area contributed by atoms with Crippen LogP contribution in [0.3, 0.4) is 0 Å². The second-order valence-corrected chi connectivity index (χ2v) is 3.45. The lowest BCUT2D eigenvalue weighted by Gasteiger charge is -2.39. The summed E-state index contributed by atoms with van der Waals surface area (Å²) in [5.74, 6) is -4.74. The maximum Gasteiger partial charge on any atom is 0.0612 e. The van der Waals surface area contributed by atoms with E-state index in [1.165, 1.54) is 0 Å². The molecule has 0 aliphatic carbocycles. The number of rotatable bonds is 6. The molecule has 0 spiro atoms. The molecule has 0 atom stereocenters. The molecule has 0 aromatic carbocycles. The Labute approximate surface area is 85.9 Å².